The Bertz CT molecular complexity index is 912. The Labute approximate surface area is 200 Å². The number of fused-ring (bicyclic) bond motifs is 4. The molecule has 0 radical (unpaired) electrons. The Morgan fingerprint density at radius 2 is 1.94 bits per heavy atom. The third-order valence-corrected chi connectivity index (χ3v) is 14.3. The topological polar surface area (TPSA) is 72.1 Å². The molecule has 1 heterocycles. The minimum atomic E-state index is -1.88. The van der Waals surface area contributed by atoms with E-state index in [0.29, 0.717) is 11.8 Å². The highest BCUT2D eigenvalue weighted by molar-refractivity contribution is 6.74. The molecule has 0 aliphatic heterocycles. The van der Waals surface area contributed by atoms with Crippen molar-refractivity contribution in [1.82, 2.24) is 0 Å². The molecule has 186 valence electrons. The Balaban J connectivity index is 1.74. The maximum atomic E-state index is 11.3. The first-order chi connectivity index (χ1) is 15.3. The van der Waals surface area contributed by atoms with Crippen LogP contribution < -0.4 is 0 Å². The number of ether oxygens (including phenoxy) is 1. The van der Waals surface area contributed by atoms with Crippen molar-refractivity contribution in [3.8, 4) is 0 Å². The zero-order chi connectivity index (χ0) is 24.4. The van der Waals surface area contributed by atoms with Gasteiger partial charge in [-0.25, -0.2) is 0 Å². The first-order valence-corrected chi connectivity index (χ1v) is 15.5. The van der Waals surface area contributed by atoms with E-state index in [-0.39, 0.29) is 29.8 Å². The van der Waals surface area contributed by atoms with Crippen molar-refractivity contribution in [2.45, 2.75) is 103 Å². The minimum Gasteiger partial charge on any atom is -0.469 e. The number of aliphatic hydroxyl groups excluding tert-OH is 2. The Hall–Kier alpha value is -0.923. The van der Waals surface area contributed by atoms with E-state index < -0.39 is 19.8 Å². The van der Waals surface area contributed by atoms with E-state index in [1.54, 1.807) is 13.4 Å². The van der Waals surface area contributed by atoms with E-state index in [1.807, 2.05) is 0 Å². The Kier molecular flexibility index (Phi) is 6.36. The van der Waals surface area contributed by atoms with Gasteiger partial charge >= 0.3 is 0 Å². The fourth-order valence-electron chi connectivity index (χ4n) is 6.80. The second-order valence-corrected chi connectivity index (χ2v) is 17.4. The summed E-state index contributed by atoms with van der Waals surface area (Å²) in [5, 5.41) is 21.6. The summed E-state index contributed by atoms with van der Waals surface area (Å²) in [6.45, 7) is 16.4. The molecular weight excluding hydrogens is 432 g/mol. The molecule has 1 aromatic rings. The number of furan rings is 1. The Morgan fingerprint density at radius 3 is 2.55 bits per heavy atom. The summed E-state index contributed by atoms with van der Waals surface area (Å²) in [4.78, 5) is 0. The number of aliphatic hydroxyl groups is 2. The second-order valence-electron chi connectivity index (χ2n) is 12.6. The molecule has 4 rings (SSSR count). The largest absolute Gasteiger partial charge is 0.469 e. The van der Waals surface area contributed by atoms with Crippen molar-refractivity contribution in [2.75, 3.05) is 13.7 Å². The van der Waals surface area contributed by atoms with Gasteiger partial charge in [-0.2, -0.15) is 0 Å². The fraction of sp³-hybridized carbons (Fsp3) is 0.778. The molecule has 0 bridgehead atoms. The SMILES string of the molecule is COC[C@@H](O)[C@]1(C)C2=CC[C@]3(C)[C@@H](O[Si](C)(C)C(C)(C)C)CC[C@H]3[C@@H]2Cc2occ(CO)c21. The monoisotopic (exact) mass is 476 g/mol. The Morgan fingerprint density at radius 1 is 1.24 bits per heavy atom. The lowest BCUT2D eigenvalue weighted by Gasteiger charge is -2.53. The standard InChI is InChI=1S/C27H44O5Si/c1-25(2,3)33(7,8)32-23-10-9-19-18-13-21-24(17(14-28)15-31-21)27(5,22(29)16-30-6)20(18)11-12-26(19,23)4/h11,15,18-19,22-23,28-29H,9-10,12-14,16H2,1-8H3/t18-,19-,22+,23-,26-,27-/m0/s1. The summed E-state index contributed by atoms with van der Waals surface area (Å²) < 4.78 is 18.4. The van der Waals surface area contributed by atoms with Crippen LogP contribution in [0.1, 0.15) is 70.8 Å². The van der Waals surface area contributed by atoms with E-state index in [4.69, 9.17) is 13.6 Å². The molecule has 3 aliphatic carbocycles. The van der Waals surface area contributed by atoms with Crippen LogP contribution in [-0.4, -0.2) is 44.5 Å². The van der Waals surface area contributed by atoms with Crippen LogP contribution in [0.5, 0.6) is 0 Å². The molecule has 0 spiro atoms. The van der Waals surface area contributed by atoms with Gasteiger partial charge in [-0.05, 0) is 61.6 Å². The van der Waals surface area contributed by atoms with Gasteiger partial charge in [-0.1, -0.05) is 39.3 Å². The van der Waals surface area contributed by atoms with Crippen molar-refractivity contribution >= 4 is 8.32 Å². The summed E-state index contributed by atoms with van der Waals surface area (Å²) in [6.07, 6.45) is 7.64. The van der Waals surface area contributed by atoms with Crippen molar-refractivity contribution in [2.24, 2.45) is 17.3 Å². The van der Waals surface area contributed by atoms with Crippen molar-refractivity contribution in [1.29, 1.82) is 0 Å². The number of hydrogen-bond donors (Lipinski definition) is 2. The van der Waals surface area contributed by atoms with Crippen LogP contribution >= 0.6 is 0 Å². The van der Waals surface area contributed by atoms with E-state index in [2.05, 4.69) is 53.8 Å². The van der Waals surface area contributed by atoms with Gasteiger partial charge in [0, 0.05) is 30.1 Å². The zero-order valence-corrected chi connectivity index (χ0v) is 22.8. The molecule has 0 unspecified atom stereocenters. The zero-order valence-electron chi connectivity index (χ0n) is 21.8. The summed E-state index contributed by atoms with van der Waals surface area (Å²) in [5.74, 6) is 1.70. The molecule has 1 fully saturated rings. The molecule has 6 heteroatoms. The van der Waals surface area contributed by atoms with Crippen molar-refractivity contribution in [3.63, 3.8) is 0 Å². The average Bonchev–Trinajstić information content (AvgIpc) is 3.28. The number of methoxy groups -OCH3 is 1. The van der Waals surface area contributed by atoms with E-state index in [9.17, 15) is 10.2 Å². The van der Waals surface area contributed by atoms with Crippen LogP contribution in [0.25, 0.3) is 0 Å². The predicted molar refractivity (Wildman–Crippen MR) is 133 cm³/mol. The van der Waals surface area contributed by atoms with Gasteiger partial charge in [0.05, 0.1) is 31.7 Å². The van der Waals surface area contributed by atoms with Gasteiger partial charge in [0.1, 0.15) is 5.76 Å². The molecule has 5 nitrogen and oxygen atoms in total. The van der Waals surface area contributed by atoms with Gasteiger partial charge < -0.3 is 23.8 Å². The van der Waals surface area contributed by atoms with Gasteiger partial charge in [0.2, 0.25) is 0 Å². The molecule has 2 N–H and O–H groups in total. The lowest BCUT2D eigenvalue weighted by molar-refractivity contribution is -0.00216. The predicted octanol–water partition coefficient (Wildman–Crippen LogP) is 5.35. The van der Waals surface area contributed by atoms with Crippen LogP contribution in [0.15, 0.2) is 22.3 Å². The maximum absolute atomic E-state index is 11.3. The van der Waals surface area contributed by atoms with Crippen LogP contribution in [-0.2, 0) is 27.6 Å². The molecular formula is C27H44O5Si. The summed E-state index contributed by atoms with van der Waals surface area (Å²) in [5.41, 5.74) is 2.50. The first kappa shape index (κ1) is 25.2. The van der Waals surface area contributed by atoms with Gasteiger partial charge in [-0.15, -0.1) is 0 Å². The van der Waals surface area contributed by atoms with Gasteiger partial charge in [0.25, 0.3) is 0 Å². The van der Waals surface area contributed by atoms with Crippen LogP contribution in [0.3, 0.4) is 0 Å². The van der Waals surface area contributed by atoms with E-state index >= 15 is 0 Å². The van der Waals surface area contributed by atoms with E-state index in [1.165, 1.54) is 5.57 Å². The van der Waals surface area contributed by atoms with Crippen LogP contribution in [0.2, 0.25) is 18.1 Å². The maximum Gasteiger partial charge on any atom is 0.192 e. The summed E-state index contributed by atoms with van der Waals surface area (Å²) >= 11 is 0. The van der Waals surface area contributed by atoms with Crippen LogP contribution in [0.4, 0.5) is 0 Å². The lowest BCUT2D eigenvalue weighted by Crippen LogP contribution is -2.53. The molecule has 33 heavy (non-hydrogen) atoms. The fourth-order valence-corrected chi connectivity index (χ4v) is 8.25. The number of hydrogen-bond acceptors (Lipinski definition) is 5. The summed E-state index contributed by atoms with van der Waals surface area (Å²) in [6, 6.07) is 0. The highest BCUT2D eigenvalue weighted by Gasteiger charge is 2.59. The highest BCUT2D eigenvalue weighted by Crippen LogP contribution is 2.62. The average molecular weight is 477 g/mol. The molecule has 0 amide bonds. The van der Waals surface area contributed by atoms with Crippen molar-refractivity contribution in [3.05, 3.63) is 34.8 Å². The molecule has 0 aromatic carbocycles. The minimum absolute atomic E-state index is 0.0840. The van der Waals surface area contributed by atoms with Gasteiger partial charge in [-0.3, -0.25) is 0 Å². The first-order valence-electron chi connectivity index (χ1n) is 12.6. The second kappa shape index (κ2) is 8.33. The molecule has 3 aliphatic rings. The quantitative estimate of drug-likeness (QED) is 0.428. The third kappa shape index (κ3) is 3.72. The highest BCUT2D eigenvalue weighted by atomic mass is 28.4. The molecule has 1 aromatic heterocycles. The van der Waals surface area contributed by atoms with Crippen molar-refractivity contribution < 1.29 is 23.8 Å². The van der Waals surface area contributed by atoms with Crippen LogP contribution in [0, 0.1) is 17.3 Å². The third-order valence-electron chi connectivity index (χ3n) is 9.84. The normalized spacial score (nSPS) is 35.0. The van der Waals surface area contributed by atoms with Gasteiger partial charge in [0.15, 0.2) is 8.32 Å². The molecule has 6 atom stereocenters. The number of allylic oxidation sites excluding steroid dienone is 1. The number of rotatable bonds is 6. The molecule has 0 saturated heterocycles. The summed E-state index contributed by atoms with van der Waals surface area (Å²) in [7, 11) is -0.249. The smallest absolute Gasteiger partial charge is 0.192 e. The lowest BCUT2D eigenvalue weighted by atomic mass is 9.53. The molecule has 1 saturated carbocycles. The van der Waals surface area contributed by atoms with E-state index in [0.717, 1.165) is 42.6 Å².